The number of methoxy groups -OCH3 is 6. The molecule has 14 rings (SSSR count). The summed E-state index contributed by atoms with van der Waals surface area (Å²) in [7, 11) is 9.90. The molecule has 0 aliphatic carbocycles. The molecule has 0 radical (unpaired) electrons. The van der Waals surface area contributed by atoms with E-state index in [0.717, 1.165) is 128 Å². The molecule has 86 heavy (non-hydrogen) atoms. The van der Waals surface area contributed by atoms with Crippen LogP contribution < -0.4 is 98.3 Å². The average Bonchev–Trinajstić information content (AvgIpc) is 1.34. The second-order valence-electron chi connectivity index (χ2n) is 19.3. The number of halogens is 10. The summed E-state index contributed by atoms with van der Waals surface area (Å²) in [6.45, 7) is 2.85. The number of rotatable bonds is 6. The Balaban J connectivity index is 0.000000172. The Morgan fingerprint density at radius 1 is 0.442 bits per heavy atom. The minimum atomic E-state index is -3.69. The minimum absolute atomic E-state index is 0. The topological polar surface area (TPSA) is 176 Å². The van der Waals surface area contributed by atoms with Gasteiger partial charge in [0, 0.05) is 37.5 Å². The van der Waals surface area contributed by atoms with E-state index >= 15 is 0 Å². The number of aryl methyl sites for hydroxylation is 6. The van der Waals surface area contributed by atoms with Crippen LogP contribution in [0, 0.1) is 0 Å². The first-order chi connectivity index (χ1) is 39.1. The second-order valence-corrected chi connectivity index (χ2v) is 37.1. The van der Waals surface area contributed by atoms with E-state index < -0.39 is 8.07 Å². The number of phenolic OH excluding ortho intramolecular Hbond substituents is 2. The summed E-state index contributed by atoms with van der Waals surface area (Å²) in [5.74, 6) is 6.97. The first kappa shape index (κ1) is 67.9. The molecule has 0 bridgehead atoms. The number of alkyl halides is 2. The minimum Gasteiger partial charge on any atom is -1.00 e. The molecule has 0 atom stereocenters. The predicted molar refractivity (Wildman–Crippen MR) is 324 cm³/mol. The van der Waals surface area contributed by atoms with E-state index in [9.17, 15) is 10.2 Å². The number of aromatic hydroxyl groups is 2. The van der Waals surface area contributed by atoms with Crippen LogP contribution in [0.3, 0.4) is 0 Å². The monoisotopic (exact) mass is 1390 g/mol. The molecule has 0 spiro atoms. The van der Waals surface area contributed by atoms with Gasteiger partial charge in [0.25, 0.3) is 0 Å². The molecule has 0 unspecified atom stereocenters. The van der Waals surface area contributed by atoms with Crippen molar-refractivity contribution in [2.75, 3.05) is 49.5 Å². The fourth-order valence-corrected chi connectivity index (χ4v) is 11.3. The number of hydrogen-bond acceptors (Lipinski definition) is 12. The van der Waals surface area contributed by atoms with Crippen molar-refractivity contribution in [1.82, 2.24) is 0 Å². The third kappa shape index (κ3) is 13.8. The zero-order chi connectivity index (χ0) is 58.0. The summed E-state index contributed by atoms with van der Waals surface area (Å²) in [6.07, 6.45) is 8.92. The summed E-state index contributed by atoms with van der Waals surface area (Å²) in [5.41, 5.74) is 9.98. The molecule has 27 heteroatoms. The summed E-state index contributed by atoms with van der Waals surface area (Å²) >= 11 is 36.8. The number of phenols is 2. The standard InChI is InChI=1S/C20H16Cl2NO4.C20H18NO4.C19H17NO4.Cl5P.3ClH.H2O/c1-24-16-4-3-11-7-15-13-9-18-17(26-20(21,22)27-18)8-12(13)5-6-23(15)10-14(11)19(16)25-2;1-22-17-4-3-12-7-16-14-9-19-18(24-11-25-19)8-13(14)5-6-21(16)10-15(12)20(17)23-2;1-23-18-4-3-11-7-15-13-9-17(22)16(21)8-12(13)5-6-20(15)10-14(11)19(18)24-2;1-6(2,3,4)5;;;;/h3-4,7-10H,5-6H2,1-2H3;3-4,7-10H,5-6,11H2,1-2H3;3-4,7-10,22H,5-6H2,1-2H3;;3*1H;1H2/q2*+1;;;;;;/p-2. The van der Waals surface area contributed by atoms with Crippen LogP contribution in [-0.4, -0.2) is 69.8 Å². The third-order valence-corrected chi connectivity index (χ3v) is 14.9. The number of fused-ring (bicyclic) bond motifs is 14. The largest absolute Gasteiger partial charge is 1.00 e. The summed E-state index contributed by atoms with van der Waals surface area (Å²) < 4.78 is 56.2. The zero-order valence-electron chi connectivity index (χ0n) is 46.4. The second kappa shape index (κ2) is 26.6. The average molecular weight is 1400 g/mol. The zero-order valence-corrected chi connectivity index (χ0v) is 54.8. The Morgan fingerprint density at radius 3 is 1.13 bits per heavy atom. The molecule has 0 fully saturated rings. The third-order valence-electron chi connectivity index (χ3n) is 14.6. The number of benzene rings is 6. The van der Waals surface area contributed by atoms with Gasteiger partial charge in [0.1, 0.15) is 0 Å². The van der Waals surface area contributed by atoms with Gasteiger partial charge in [-0.15, -0.1) is 0 Å². The maximum atomic E-state index is 9.87. The van der Waals surface area contributed by atoms with E-state index in [4.69, 9.17) is 127 Å². The van der Waals surface area contributed by atoms with Gasteiger partial charge in [-0.25, -0.2) is 0 Å². The van der Waals surface area contributed by atoms with E-state index in [1.54, 1.807) is 54.8 Å². The first-order valence-corrected chi connectivity index (χ1v) is 32.9. The van der Waals surface area contributed by atoms with Crippen LogP contribution in [0.4, 0.5) is 0 Å². The van der Waals surface area contributed by atoms with Crippen molar-refractivity contribution < 1.29 is 114 Å². The molecule has 0 saturated heterocycles. The van der Waals surface area contributed by atoms with Crippen LogP contribution in [0.1, 0.15) is 16.7 Å². The molecular formula is C59H54Cl10N3O13P. The van der Waals surface area contributed by atoms with E-state index in [0.29, 0.717) is 35.5 Å². The fraction of sp³-hybridized carbons (Fsp3) is 0.237. The van der Waals surface area contributed by atoms with E-state index in [-0.39, 0.29) is 54.2 Å². The molecule has 3 aromatic heterocycles. The van der Waals surface area contributed by atoms with Gasteiger partial charge in [-0.05, 0) is 129 Å². The summed E-state index contributed by atoms with van der Waals surface area (Å²) in [4.78, 5) is 0. The smallest absolute Gasteiger partial charge is 0.412 e. The maximum absolute atomic E-state index is 9.87. The number of ether oxygens (including phenoxy) is 10. The molecule has 4 N–H and O–H groups in total. The number of hydrogen-bond donors (Lipinski definition) is 2. The fourth-order valence-electron chi connectivity index (χ4n) is 11.0. The summed E-state index contributed by atoms with van der Waals surface area (Å²) in [6, 6.07) is 29.6. The quantitative estimate of drug-likeness (QED) is 0.103. The van der Waals surface area contributed by atoms with Gasteiger partial charge in [-0.1, -0.05) is 0 Å². The molecule has 0 saturated carbocycles. The van der Waals surface area contributed by atoms with Crippen molar-refractivity contribution in [3.8, 4) is 103 Å². The SMILES string of the molecule is COc1ccc2cc3[n+](cc2c1OC)CCc1cc(O)c(O)cc1-3.COc1ccc2cc3[n+](cc2c1OC)CCc1cc2c(cc1-3)OC(Cl)(Cl)O2.COc1ccc2cc3[n+](cc2c1OC)CCc1cc2c(cc1-3)OCO2.ClP(Cl)(Cl)(Cl)Cl.O.[Cl-].[Cl-].[Cl-]. The van der Waals surface area contributed by atoms with Gasteiger partial charge >= 0.3 is 64.3 Å². The molecule has 5 aliphatic heterocycles. The first-order valence-electron chi connectivity index (χ1n) is 25.4. The molecule has 458 valence electrons. The van der Waals surface area contributed by atoms with Gasteiger partial charge in [0.15, 0.2) is 107 Å². The van der Waals surface area contributed by atoms with Crippen molar-refractivity contribution in [2.45, 2.75) is 43.6 Å². The molecule has 16 nitrogen and oxygen atoms in total. The van der Waals surface area contributed by atoms with Gasteiger partial charge < -0.3 is 100 Å². The van der Waals surface area contributed by atoms with E-state index in [1.165, 1.54) is 22.4 Å². The molecular weight excluding hydrogens is 1340 g/mol. The number of nitrogens with zero attached hydrogens (tertiary/aromatic N) is 3. The normalized spacial score (nSPS) is 14.0. The Bertz CT molecular complexity index is 4060. The van der Waals surface area contributed by atoms with Gasteiger partial charge in [-0.2, -0.15) is 13.7 Å². The Labute approximate surface area is 547 Å². The van der Waals surface area contributed by atoms with Crippen molar-refractivity contribution in [2.24, 2.45) is 0 Å². The number of aromatic nitrogens is 3. The van der Waals surface area contributed by atoms with Gasteiger partial charge in [0.2, 0.25) is 23.9 Å². The molecule has 6 aromatic carbocycles. The van der Waals surface area contributed by atoms with E-state index in [2.05, 4.69) is 68.7 Å². The van der Waals surface area contributed by atoms with Crippen molar-refractivity contribution in [1.29, 1.82) is 0 Å². The Kier molecular flexibility index (Phi) is 21.0. The van der Waals surface area contributed by atoms with Crippen LogP contribution in [0.2, 0.25) is 0 Å². The molecule has 9 aromatic rings. The van der Waals surface area contributed by atoms with Crippen molar-refractivity contribution >= 4 is 115 Å². The van der Waals surface area contributed by atoms with Crippen molar-refractivity contribution in [3.05, 3.63) is 126 Å². The molecule has 8 heterocycles. The predicted octanol–water partition coefficient (Wildman–Crippen LogP) is 4.60. The van der Waals surface area contributed by atoms with Crippen LogP contribution in [-0.2, 0) is 38.9 Å². The van der Waals surface area contributed by atoms with E-state index in [1.807, 2.05) is 42.5 Å². The van der Waals surface area contributed by atoms with Gasteiger partial charge in [-0.3, -0.25) is 0 Å². The van der Waals surface area contributed by atoms with Gasteiger partial charge in [0.05, 0.1) is 75.5 Å². The Hall–Kier alpha value is -5.56. The molecule has 5 aliphatic rings. The summed E-state index contributed by atoms with van der Waals surface area (Å²) in [5, 5.41) is 25.8. The maximum Gasteiger partial charge on any atom is -0.412 e. The number of pyridine rings is 3. The van der Waals surface area contributed by atoms with Crippen molar-refractivity contribution in [3.63, 3.8) is 0 Å². The molecule has 0 amide bonds. The van der Waals surface area contributed by atoms with Crippen LogP contribution in [0.15, 0.2) is 110 Å². The van der Waals surface area contributed by atoms with Crippen LogP contribution in [0.25, 0.3) is 66.1 Å². The Morgan fingerprint density at radius 2 is 0.756 bits per heavy atom. The van der Waals surface area contributed by atoms with Crippen LogP contribution >= 0.6 is 82.8 Å². The van der Waals surface area contributed by atoms with Crippen LogP contribution in [0.5, 0.6) is 69.0 Å².